The molecule has 0 fully saturated rings. The molecule has 0 saturated carbocycles. The number of benzene rings is 1. The van der Waals surface area contributed by atoms with E-state index >= 15 is 0 Å². The zero-order chi connectivity index (χ0) is 14.5. The zero-order valence-corrected chi connectivity index (χ0v) is 12.6. The van der Waals surface area contributed by atoms with Crippen molar-refractivity contribution in [3.8, 4) is 0 Å². The van der Waals surface area contributed by atoms with Crippen LogP contribution >= 0.6 is 11.3 Å². The molecule has 1 unspecified atom stereocenters. The summed E-state index contributed by atoms with van der Waals surface area (Å²) in [6.45, 7) is 5.45. The predicted octanol–water partition coefficient (Wildman–Crippen LogP) is 2.99. The standard InChI is InChI=1S/C15H20N2O2S/c1-3-17(4-2)15(19)16-10-12(18)14-9-11-7-5-6-8-13(11)20-14/h5-9,12,18H,3-4,10H2,1-2H3,(H,16,19). The summed E-state index contributed by atoms with van der Waals surface area (Å²) in [7, 11) is 0. The Morgan fingerprint density at radius 1 is 1.35 bits per heavy atom. The van der Waals surface area contributed by atoms with E-state index in [1.807, 2.05) is 44.2 Å². The first-order valence-electron chi connectivity index (χ1n) is 6.85. The Balaban J connectivity index is 1.98. The maximum absolute atomic E-state index is 11.8. The lowest BCUT2D eigenvalue weighted by Gasteiger charge is -2.20. The van der Waals surface area contributed by atoms with Gasteiger partial charge in [0.25, 0.3) is 0 Å². The molecule has 0 bridgehead atoms. The second-order valence-electron chi connectivity index (χ2n) is 4.56. The monoisotopic (exact) mass is 292 g/mol. The number of aliphatic hydroxyl groups is 1. The number of rotatable bonds is 5. The molecule has 5 heteroatoms. The molecule has 2 rings (SSSR count). The van der Waals surface area contributed by atoms with Gasteiger partial charge in [-0.2, -0.15) is 0 Å². The van der Waals surface area contributed by atoms with Crippen molar-refractivity contribution in [2.45, 2.75) is 20.0 Å². The molecule has 0 aliphatic heterocycles. The number of fused-ring (bicyclic) bond motifs is 1. The number of carbonyl (C=O) groups is 1. The van der Waals surface area contributed by atoms with Gasteiger partial charge in [-0.25, -0.2) is 4.79 Å². The van der Waals surface area contributed by atoms with Gasteiger partial charge in [0.1, 0.15) is 6.10 Å². The number of aliphatic hydroxyl groups excluding tert-OH is 1. The lowest BCUT2D eigenvalue weighted by molar-refractivity contribution is 0.166. The first kappa shape index (κ1) is 14.8. The smallest absolute Gasteiger partial charge is 0.317 e. The molecule has 1 aromatic heterocycles. The highest BCUT2D eigenvalue weighted by Crippen LogP contribution is 2.29. The van der Waals surface area contributed by atoms with Crippen LogP contribution in [0.1, 0.15) is 24.8 Å². The van der Waals surface area contributed by atoms with Crippen LogP contribution in [0.25, 0.3) is 10.1 Å². The van der Waals surface area contributed by atoms with Gasteiger partial charge in [0, 0.05) is 22.7 Å². The molecule has 4 nitrogen and oxygen atoms in total. The summed E-state index contributed by atoms with van der Waals surface area (Å²) < 4.78 is 1.15. The zero-order valence-electron chi connectivity index (χ0n) is 11.8. The Bertz CT molecular complexity index is 545. The van der Waals surface area contributed by atoms with Gasteiger partial charge in [0.05, 0.1) is 6.54 Å². The molecule has 0 saturated heterocycles. The maximum atomic E-state index is 11.8. The molecule has 0 aliphatic carbocycles. The van der Waals surface area contributed by atoms with Crippen LogP contribution in [0.2, 0.25) is 0 Å². The Hall–Kier alpha value is -1.59. The summed E-state index contributed by atoms with van der Waals surface area (Å²) in [4.78, 5) is 14.4. The van der Waals surface area contributed by atoms with Gasteiger partial charge in [0.15, 0.2) is 0 Å². The average Bonchev–Trinajstić information content (AvgIpc) is 2.90. The Labute approximate surface area is 123 Å². The van der Waals surface area contributed by atoms with Gasteiger partial charge in [-0.1, -0.05) is 18.2 Å². The van der Waals surface area contributed by atoms with E-state index in [9.17, 15) is 9.90 Å². The topological polar surface area (TPSA) is 52.6 Å². The van der Waals surface area contributed by atoms with Gasteiger partial charge >= 0.3 is 6.03 Å². The van der Waals surface area contributed by atoms with E-state index < -0.39 is 6.10 Å². The van der Waals surface area contributed by atoms with Crippen molar-refractivity contribution in [3.05, 3.63) is 35.2 Å². The number of hydrogen-bond donors (Lipinski definition) is 2. The second-order valence-corrected chi connectivity index (χ2v) is 5.68. The van der Waals surface area contributed by atoms with Crippen LogP contribution in [0.3, 0.4) is 0 Å². The van der Waals surface area contributed by atoms with Gasteiger partial charge in [-0.05, 0) is 31.4 Å². The molecule has 20 heavy (non-hydrogen) atoms. The number of urea groups is 1. The molecule has 2 N–H and O–H groups in total. The number of thiophene rings is 1. The third kappa shape index (κ3) is 3.29. The van der Waals surface area contributed by atoms with E-state index in [0.29, 0.717) is 13.1 Å². The maximum Gasteiger partial charge on any atom is 0.317 e. The minimum Gasteiger partial charge on any atom is -0.386 e. The van der Waals surface area contributed by atoms with Crippen molar-refractivity contribution in [2.75, 3.05) is 19.6 Å². The SMILES string of the molecule is CCN(CC)C(=O)NCC(O)c1cc2ccccc2s1. The van der Waals surface area contributed by atoms with E-state index in [0.717, 1.165) is 15.0 Å². The molecule has 0 spiro atoms. The van der Waals surface area contributed by atoms with E-state index in [1.165, 1.54) is 0 Å². The van der Waals surface area contributed by atoms with E-state index in [1.54, 1.807) is 16.2 Å². The summed E-state index contributed by atoms with van der Waals surface area (Å²) in [5.41, 5.74) is 0. The Morgan fingerprint density at radius 3 is 2.70 bits per heavy atom. The molecule has 1 atom stereocenters. The first-order chi connectivity index (χ1) is 9.65. The third-order valence-corrected chi connectivity index (χ3v) is 4.49. The van der Waals surface area contributed by atoms with Gasteiger partial charge in [0.2, 0.25) is 0 Å². The predicted molar refractivity (Wildman–Crippen MR) is 83.1 cm³/mol. The summed E-state index contributed by atoms with van der Waals surface area (Å²) in [5.74, 6) is 0. The molecule has 1 heterocycles. The lowest BCUT2D eigenvalue weighted by atomic mass is 10.2. The molecule has 1 aromatic carbocycles. The van der Waals surface area contributed by atoms with E-state index in [4.69, 9.17) is 0 Å². The summed E-state index contributed by atoms with van der Waals surface area (Å²) in [5, 5.41) is 14.1. The van der Waals surface area contributed by atoms with E-state index in [2.05, 4.69) is 5.32 Å². The fraction of sp³-hybridized carbons (Fsp3) is 0.400. The van der Waals surface area contributed by atoms with Crippen LogP contribution in [0.5, 0.6) is 0 Å². The number of nitrogens with zero attached hydrogens (tertiary/aromatic N) is 1. The molecule has 2 aromatic rings. The number of nitrogens with one attached hydrogen (secondary N) is 1. The van der Waals surface area contributed by atoms with Crippen molar-refractivity contribution in [1.82, 2.24) is 10.2 Å². The van der Waals surface area contributed by atoms with Crippen molar-refractivity contribution in [2.24, 2.45) is 0 Å². The van der Waals surface area contributed by atoms with E-state index in [-0.39, 0.29) is 12.6 Å². The highest BCUT2D eigenvalue weighted by Gasteiger charge is 2.14. The molecular formula is C15H20N2O2S. The highest BCUT2D eigenvalue weighted by atomic mass is 32.1. The largest absolute Gasteiger partial charge is 0.386 e. The van der Waals surface area contributed by atoms with Gasteiger partial charge in [-0.3, -0.25) is 0 Å². The van der Waals surface area contributed by atoms with Crippen LogP contribution in [-0.2, 0) is 0 Å². The van der Waals surface area contributed by atoms with Crippen LogP contribution < -0.4 is 5.32 Å². The number of carbonyl (C=O) groups excluding carboxylic acids is 1. The van der Waals surface area contributed by atoms with Crippen LogP contribution in [0.15, 0.2) is 30.3 Å². The average molecular weight is 292 g/mol. The van der Waals surface area contributed by atoms with Gasteiger partial charge < -0.3 is 15.3 Å². The second kappa shape index (κ2) is 6.72. The minimum atomic E-state index is -0.660. The normalized spacial score (nSPS) is 12.3. The fourth-order valence-electron chi connectivity index (χ4n) is 2.07. The summed E-state index contributed by atoms with van der Waals surface area (Å²) >= 11 is 1.56. The summed E-state index contributed by atoms with van der Waals surface area (Å²) in [6.07, 6.45) is -0.660. The van der Waals surface area contributed by atoms with Crippen molar-refractivity contribution < 1.29 is 9.90 Å². The highest BCUT2D eigenvalue weighted by molar-refractivity contribution is 7.19. The fourth-order valence-corrected chi connectivity index (χ4v) is 3.12. The molecule has 0 aliphatic rings. The number of amides is 2. The van der Waals surface area contributed by atoms with Crippen molar-refractivity contribution in [1.29, 1.82) is 0 Å². The minimum absolute atomic E-state index is 0.129. The van der Waals surface area contributed by atoms with Crippen molar-refractivity contribution in [3.63, 3.8) is 0 Å². The first-order valence-corrected chi connectivity index (χ1v) is 7.66. The Kier molecular flexibility index (Phi) is 4.98. The van der Waals surface area contributed by atoms with Crippen LogP contribution in [0.4, 0.5) is 4.79 Å². The molecule has 108 valence electrons. The van der Waals surface area contributed by atoms with Crippen LogP contribution in [0, 0.1) is 0 Å². The van der Waals surface area contributed by atoms with Crippen LogP contribution in [-0.4, -0.2) is 35.7 Å². The molecular weight excluding hydrogens is 272 g/mol. The van der Waals surface area contributed by atoms with Gasteiger partial charge in [-0.15, -0.1) is 11.3 Å². The number of hydrogen-bond acceptors (Lipinski definition) is 3. The molecule has 0 radical (unpaired) electrons. The molecule has 2 amide bonds. The Morgan fingerprint density at radius 2 is 2.05 bits per heavy atom. The lowest BCUT2D eigenvalue weighted by Crippen LogP contribution is -2.41. The summed E-state index contributed by atoms with van der Waals surface area (Å²) in [6, 6.07) is 9.87. The quantitative estimate of drug-likeness (QED) is 0.890. The third-order valence-electron chi connectivity index (χ3n) is 3.27. The van der Waals surface area contributed by atoms with Crippen molar-refractivity contribution >= 4 is 27.5 Å².